The second kappa shape index (κ2) is 6.90. The number of hydrogen-bond acceptors (Lipinski definition) is 5. The molecule has 0 bridgehead atoms. The number of rotatable bonds is 7. The fraction of sp³-hybridized carbons (Fsp3) is 0.417. The lowest BCUT2D eigenvalue weighted by Gasteiger charge is -2.11. The Morgan fingerprint density at radius 3 is 2.90 bits per heavy atom. The Labute approximate surface area is 114 Å². The highest BCUT2D eigenvalue weighted by molar-refractivity contribution is 5.46. The topological polar surface area (TPSA) is 64.9 Å². The molecule has 0 aliphatic heterocycles. The lowest BCUT2D eigenvalue weighted by atomic mass is 10.3. The molecule has 0 aliphatic rings. The van der Waals surface area contributed by atoms with E-state index in [0.717, 1.165) is 13.0 Å². The lowest BCUT2D eigenvalue weighted by molar-refractivity contribution is -0.0499. The number of ether oxygens (including phenoxy) is 1. The van der Waals surface area contributed by atoms with Crippen LogP contribution in [0.2, 0.25) is 0 Å². The van der Waals surface area contributed by atoms with Crippen molar-refractivity contribution in [3.05, 3.63) is 30.1 Å². The van der Waals surface area contributed by atoms with Gasteiger partial charge < -0.3 is 10.1 Å². The van der Waals surface area contributed by atoms with Gasteiger partial charge in [-0.15, -0.1) is 5.10 Å². The van der Waals surface area contributed by atoms with Gasteiger partial charge in [-0.2, -0.15) is 13.5 Å². The predicted molar refractivity (Wildman–Crippen MR) is 67.8 cm³/mol. The monoisotopic (exact) mass is 283 g/mol. The Morgan fingerprint density at radius 1 is 1.35 bits per heavy atom. The highest BCUT2D eigenvalue weighted by atomic mass is 19.3. The predicted octanol–water partition coefficient (Wildman–Crippen LogP) is 1.76. The molecule has 1 heterocycles. The number of nitrogens with zero attached hydrogens (tertiary/aromatic N) is 4. The molecule has 6 nitrogen and oxygen atoms in total. The summed E-state index contributed by atoms with van der Waals surface area (Å²) in [4.78, 5) is 0. The van der Waals surface area contributed by atoms with Gasteiger partial charge in [-0.25, -0.2) is 0 Å². The number of halogens is 2. The van der Waals surface area contributed by atoms with E-state index in [-0.39, 0.29) is 5.75 Å². The molecule has 0 saturated carbocycles. The highest BCUT2D eigenvalue weighted by Gasteiger charge is 2.14. The van der Waals surface area contributed by atoms with E-state index in [0.29, 0.717) is 18.1 Å². The van der Waals surface area contributed by atoms with Gasteiger partial charge >= 0.3 is 6.61 Å². The second-order valence-electron chi connectivity index (χ2n) is 4.03. The Hall–Kier alpha value is -2.09. The molecule has 0 spiro atoms. The SMILES string of the molecule is CCCNCc1nnnn1-c1ccccc1OC(F)F. The van der Waals surface area contributed by atoms with Crippen molar-refractivity contribution in [3.8, 4) is 11.4 Å². The molecule has 1 aromatic carbocycles. The van der Waals surface area contributed by atoms with E-state index in [9.17, 15) is 8.78 Å². The van der Waals surface area contributed by atoms with E-state index in [2.05, 4.69) is 25.6 Å². The highest BCUT2D eigenvalue weighted by Crippen LogP contribution is 2.24. The molecule has 1 N–H and O–H groups in total. The number of nitrogens with one attached hydrogen (secondary N) is 1. The largest absolute Gasteiger partial charge is 0.433 e. The van der Waals surface area contributed by atoms with E-state index in [1.54, 1.807) is 18.2 Å². The standard InChI is InChI=1S/C12H15F2N5O/c1-2-7-15-8-11-16-17-18-19(11)9-5-3-4-6-10(9)20-12(13)14/h3-6,12,15H,2,7-8H2,1H3. The van der Waals surface area contributed by atoms with Crippen LogP contribution < -0.4 is 10.1 Å². The molecule has 0 atom stereocenters. The number of benzene rings is 1. The van der Waals surface area contributed by atoms with E-state index < -0.39 is 6.61 Å². The molecule has 0 radical (unpaired) electrons. The number of tetrazole rings is 1. The number of alkyl halides is 2. The van der Waals surface area contributed by atoms with Crippen LogP contribution in [0, 0.1) is 0 Å². The first-order valence-corrected chi connectivity index (χ1v) is 6.24. The molecule has 1 aromatic heterocycles. The van der Waals surface area contributed by atoms with Crippen LogP contribution >= 0.6 is 0 Å². The zero-order chi connectivity index (χ0) is 14.4. The summed E-state index contributed by atoms with van der Waals surface area (Å²) in [5.74, 6) is 0.565. The van der Waals surface area contributed by atoms with Gasteiger partial charge in [0.05, 0.1) is 6.54 Å². The molecular formula is C12H15F2N5O. The minimum absolute atomic E-state index is 0.0338. The molecule has 20 heavy (non-hydrogen) atoms. The van der Waals surface area contributed by atoms with Crippen molar-refractivity contribution in [1.82, 2.24) is 25.5 Å². The quantitative estimate of drug-likeness (QED) is 0.784. The summed E-state index contributed by atoms with van der Waals surface area (Å²) in [5, 5.41) is 14.4. The molecule has 108 valence electrons. The molecule has 2 aromatic rings. The van der Waals surface area contributed by atoms with Gasteiger partial charge in [-0.05, 0) is 35.5 Å². The van der Waals surface area contributed by atoms with Crippen molar-refractivity contribution >= 4 is 0 Å². The number of para-hydroxylation sites is 2. The van der Waals surface area contributed by atoms with E-state index in [1.807, 2.05) is 6.92 Å². The third kappa shape index (κ3) is 3.47. The number of hydrogen-bond donors (Lipinski definition) is 1. The van der Waals surface area contributed by atoms with E-state index >= 15 is 0 Å². The minimum atomic E-state index is -2.89. The maximum absolute atomic E-state index is 12.4. The Balaban J connectivity index is 2.25. The summed E-state index contributed by atoms with van der Waals surface area (Å²) in [6, 6.07) is 6.39. The van der Waals surface area contributed by atoms with Crippen molar-refractivity contribution in [2.75, 3.05) is 6.54 Å². The van der Waals surface area contributed by atoms with Crippen LogP contribution in [0.15, 0.2) is 24.3 Å². The van der Waals surface area contributed by atoms with Crippen LogP contribution in [-0.4, -0.2) is 33.4 Å². The first-order chi connectivity index (χ1) is 9.72. The van der Waals surface area contributed by atoms with Crippen LogP contribution in [0.1, 0.15) is 19.2 Å². The fourth-order valence-electron chi connectivity index (χ4n) is 1.71. The van der Waals surface area contributed by atoms with Crippen molar-refractivity contribution in [2.45, 2.75) is 26.5 Å². The first-order valence-electron chi connectivity index (χ1n) is 6.24. The fourth-order valence-corrected chi connectivity index (χ4v) is 1.71. The van der Waals surface area contributed by atoms with Gasteiger partial charge in [-0.1, -0.05) is 19.1 Å². The lowest BCUT2D eigenvalue weighted by Crippen LogP contribution is -2.18. The van der Waals surface area contributed by atoms with Crippen molar-refractivity contribution < 1.29 is 13.5 Å². The van der Waals surface area contributed by atoms with Crippen LogP contribution in [0.3, 0.4) is 0 Å². The molecule has 8 heteroatoms. The average Bonchev–Trinajstić information content (AvgIpc) is 2.87. The summed E-state index contributed by atoms with van der Waals surface area (Å²) < 4.78 is 30.7. The van der Waals surface area contributed by atoms with Crippen molar-refractivity contribution in [1.29, 1.82) is 0 Å². The maximum Gasteiger partial charge on any atom is 0.387 e. The minimum Gasteiger partial charge on any atom is -0.433 e. The summed E-state index contributed by atoms with van der Waals surface area (Å²) in [5.41, 5.74) is 0.381. The van der Waals surface area contributed by atoms with Crippen molar-refractivity contribution in [2.24, 2.45) is 0 Å². The Kier molecular flexibility index (Phi) is 4.94. The Morgan fingerprint density at radius 2 is 2.15 bits per heavy atom. The smallest absolute Gasteiger partial charge is 0.387 e. The van der Waals surface area contributed by atoms with Gasteiger partial charge in [-0.3, -0.25) is 0 Å². The third-order valence-corrected chi connectivity index (χ3v) is 2.55. The van der Waals surface area contributed by atoms with Gasteiger partial charge in [0.2, 0.25) is 0 Å². The van der Waals surface area contributed by atoms with Crippen LogP contribution in [0.25, 0.3) is 5.69 Å². The Bertz CT molecular complexity index is 546. The molecule has 2 rings (SSSR count). The molecule has 0 fully saturated rings. The van der Waals surface area contributed by atoms with Gasteiger partial charge in [0.1, 0.15) is 5.69 Å². The van der Waals surface area contributed by atoms with Crippen LogP contribution in [0.4, 0.5) is 8.78 Å². The maximum atomic E-state index is 12.4. The zero-order valence-corrected chi connectivity index (χ0v) is 11.0. The molecule has 0 aliphatic carbocycles. The van der Waals surface area contributed by atoms with Gasteiger partial charge in [0.25, 0.3) is 0 Å². The second-order valence-corrected chi connectivity index (χ2v) is 4.03. The van der Waals surface area contributed by atoms with Gasteiger partial charge in [0.15, 0.2) is 11.6 Å². The first kappa shape index (κ1) is 14.3. The third-order valence-electron chi connectivity index (χ3n) is 2.55. The van der Waals surface area contributed by atoms with Crippen molar-refractivity contribution in [3.63, 3.8) is 0 Å². The summed E-state index contributed by atoms with van der Waals surface area (Å²) in [6.07, 6.45) is 0.979. The normalized spacial score (nSPS) is 11.0. The van der Waals surface area contributed by atoms with E-state index in [4.69, 9.17) is 0 Å². The van der Waals surface area contributed by atoms with Gasteiger partial charge in [0, 0.05) is 0 Å². The summed E-state index contributed by atoms with van der Waals surface area (Å²) in [6.45, 7) is 0.419. The average molecular weight is 283 g/mol. The molecule has 0 amide bonds. The number of aromatic nitrogens is 4. The molecule has 0 saturated heterocycles. The summed E-state index contributed by atoms with van der Waals surface area (Å²) in [7, 11) is 0. The molecule has 0 unspecified atom stereocenters. The summed E-state index contributed by atoms with van der Waals surface area (Å²) >= 11 is 0. The zero-order valence-electron chi connectivity index (χ0n) is 11.0. The van der Waals surface area contributed by atoms with Crippen LogP contribution in [0.5, 0.6) is 5.75 Å². The molecular weight excluding hydrogens is 268 g/mol. The van der Waals surface area contributed by atoms with Crippen LogP contribution in [-0.2, 0) is 6.54 Å². The van der Waals surface area contributed by atoms with E-state index in [1.165, 1.54) is 10.7 Å².